The average molecular weight is 381 g/mol. The number of ether oxygens (including phenoxy) is 1. The molecule has 1 aliphatic heterocycles. The summed E-state index contributed by atoms with van der Waals surface area (Å²) in [5, 5.41) is 0.665. The summed E-state index contributed by atoms with van der Waals surface area (Å²) < 4.78 is 6.28. The number of amides is 1. The second-order valence-corrected chi connectivity index (χ2v) is 6.51. The van der Waals surface area contributed by atoms with Crippen molar-refractivity contribution in [2.24, 2.45) is 0 Å². The van der Waals surface area contributed by atoms with Gasteiger partial charge in [0.15, 0.2) is 0 Å². The minimum absolute atomic E-state index is 0.284. The number of carbonyl (C=O) groups is 1. The van der Waals surface area contributed by atoms with Crippen molar-refractivity contribution >= 4 is 33.6 Å². The van der Waals surface area contributed by atoms with Gasteiger partial charge < -0.3 is 9.64 Å². The maximum absolute atomic E-state index is 12.2. The Kier molecular flexibility index (Phi) is 4.69. The van der Waals surface area contributed by atoms with Crippen LogP contribution in [0.1, 0.15) is 16.7 Å². The molecule has 0 atom stereocenters. The zero-order valence-corrected chi connectivity index (χ0v) is 14.2. The zero-order chi connectivity index (χ0) is 15.5. The van der Waals surface area contributed by atoms with E-state index < -0.39 is 0 Å². The Morgan fingerprint density at radius 2 is 2.00 bits per heavy atom. The number of hydrogen-bond acceptors (Lipinski definition) is 2. The molecule has 0 radical (unpaired) electrons. The summed E-state index contributed by atoms with van der Waals surface area (Å²) in [6.07, 6.45) is 0.527. The van der Waals surface area contributed by atoms with E-state index in [1.54, 1.807) is 4.90 Å². The number of rotatable bonds is 2. The number of benzene rings is 2. The monoisotopic (exact) mass is 379 g/mol. The molecule has 1 amide bonds. The Morgan fingerprint density at radius 1 is 1.23 bits per heavy atom. The molecule has 0 N–H and O–H groups in total. The molecule has 0 aliphatic carbocycles. The number of nitrogens with zero attached hydrogens (tertiary/aromatic N) is 1. The lowest BCUT2D eigenvalue weighted by molar-refractivity contribution is 0.0918. The fourth-order valence-corrected chi connectivity index (χ4v) is 3.09. The quantitative estimate of drug-likeness (QED) is 0.749. The van der Waals surface area contributed by atoms with Crippen LogP contribution in [-0.2, 0) is 24.3 Å². The van der Waals surface area contributed by atoms with Crippen LogP contribution in [0.2, 0.25) is 5.02 Å². The second-order valence-electron chi connectivity index (χ2n) is 5.25. The molecular formula is C17H15BrClNO2. The summed E-state index contributed by atoms with van der Waals surface area (Å²) in [4.78, 5) is 13.9. The topological polar surface area (TPSA) is 29.5 Å². The lowest BCUT2D eigenvalue weighted by atomic mass is 10.0. The Hall–Kier alpha value is -1.52. The van der Waals surface area contributed by atoms with Crippen LogP contribution in [0.15, 0.2) is 46.9 Å². The third-order valence-electron chi connectivity index (χ3n) is 3.72. The number of halogens is 2. The van der Waals surface area contributed by atoms with E-state index in [4.69, 9.17) is 16.3 Å². The summed E-state index contributed by atoms with van der Waals surface area (Å²) in [5.74, 6) is 0. The molecule has 3 nitrogen and oxygen atoms in total. The third kappa shape index (κ3) is 3.45. The van der Waals surface area contributed by atoms with Crippen LogP contribution < -0.4 is 0 Å². The highest BCUT2D eigenvalue weighted by Gasteiger charge is 2.22. The normalized spacial score (nSPS) is 13.6. The van der Waals surface area contributed by atoms with E-state index >= 15 is 0 Å². The van der Waals surface area contributed by atoms with Crippen molar-refractivity contribution in [3.63, 3.8) is 0 Å². The Labute approximate surface area is 143 Å². The van der Waals surface area contributed by atoms with Crippen LogP contribution in [-0.4, -0.2) is 17.5 Å². The third-order valence-corrected chi connectivity index (χ3v) is 4.92. The van der Waals surface area contributed by atoms with Crippen LogP contribution in [0, 0.1) is 0 Å². The zero-order valence-electron chi connectivity index (χ0n) is 11.9. The fourth-order valence-electron chi connectivity index (χ4n) is 2.52. The standard InChI is InChI=1S/C17H15BrClNO2/c18-15-8-13-6-7-20(10-14(13)9-16(15)19)17(21)22-11-12-4-2-1-3-5-12/h1-5,8-9H,6-7,10-11H2. The summed E-state index contributed by atoms with van der Waals surface area (Å²) in [5.41, 5.74) is 3.29. The summed E-state index contributed by atoms with van der Waals surface area (Å²) in [6, 6.07) is 13.6. The van der Waals surface area contributed by atoms with Gasteiger partial charge in [-0.1, -0.05) is 41.9 Å². The van der Waals surface area contributed by atoms with Crippen molar-refractivity contribution in [3.05, 3.63) is 68.7 Å². The SMILES string of the molecule is O=C(OCc1ccccc1)N1CCc2cc(Br)c(Cl)cc2C1. The van der Waals surface area contributed by atoms with Crippen LogP contribution in [0.25, 0.3) is 0 Å². The molecule has 5 heteroatoms. The molecule has 0 spiro atoms. The lowest BCUT2D eigenvalue weighted by Gasteiger charge is -2.28. The van der Waals surface area contributed by atoms with Gasteiger partial charge >= 0.3 is 6.09 Å². The van der Waals surface area contributed by atoms with Crippen molar-refractivity contribution in [2.45, 2.75) is 19.6 Å². The van der Waals surface area contributed by atoms with Crippen molar-refractivity contribution in [1.29, 1.82) is 0 Å². The van der Waals surface area contributed by atoms with Crippen LogP contribution in [0.4, 0.5) is 4.79 Å². The minimum atomic E-state index is -0.284. The minimum Gasteiger partial charge on any atom is -0.445 e. The van der Waals surface area contributed by atoms with Gasteiger partial charge in [-0.25, -0.2) is 4.79 Å². The van der Waals surface area contributed by atoms with Gasteiger partial charge in [0.2, 0.25) is 0 Å². The predicted molar refractivity (Wildman–Crippen MR) is 89.9 cm³/mol. The van der Waals surface area contributed by atoms with Crippen molar-refractivity contribution < 1.29 is 9.53 Å². The summed E-state index contributed by atoms with van der Waals surface area (Å²) in [6.45, 7) is 1.49. The van der Waals surface area contributed by atoms with E-state index in [0.717, 1.165) is 22.0 Å². The molecule has 2 aromatic rings. The van der Waals surface area contributed by atoms with Crippen molar-refractivity contribution in [3.8, 4) is 0 Å². The molecule has 1 heterocycles. The molecular weight excluding hydrogens is 366 g/mol. The summed E-state index contributed by atoms with van der Waals surface area (Å²) in [7, 11) is 0. The highest BCUT2D eigenvalue weighted by atomic mass is 79.9. The van der Waals surface area contributed by atoms with Gasteiger partial charge in [-0.15, -0.1) is 0 Å². The first-order valence-corrected chi connectivity index (χ1v) is 8.23. The predicted octanol–water partition coefficient (Wildman–Crippen LogP) is 4.80. The number of fused-ring (bicyclic) bond motifs is 1. The first kappa shape index (κ1) is 15.4. The average Bonchev–Trinajstić information content (AvgIpc) is 2.54. The van der Waals surface area contributed by atoms with Gasteiger partial charge in [0.25, 0.3) is 0 Å². The first-order valence-electron chi connectivity index (χ1n) is 7.06. The van der Waals surface area contributed by atoms with Gasteiger partial charge in [0, 0.05) is 17.6 Å². The highest BCUT2D eigenvalue weighted by Crippen LogP contribution is 2.29. The van der Waals surface area contributed by atoms with Crippen LogP contribution in [0.5, 0.6) is 0 Å². The fraction of sp³-hybridized carbons (Fsp3) is 0.235. The van der Waals surface area contributed by atoms with E-state index in [9.17, 15) is 4.79 Å². The van der Waals surface area contributed by atoms with Gasteiger partial charge in [-0.05, 0) is 51.2 Å². The maximum Gasteiger partial charge on any atom is 0.410 e. The van der Waals surface area contributed by atoms with Gasteiger partial charge in [-0.2, -0.15) is 0 Å². The van der Waals surface area contributed by atoms with E-state index in [1.807, 2.05) is 42.5 Å². The van der Waals surface area contributed by atoms with Gasteiger partial charge in [0.05, 0.1) is 5.02 Å². The second kappa shape index (κ2) is 6.71. The number of hydrogen-bond donors (Lipinski definition) is 0. The maximum atomic E-state index is 12.2. The molecule has 0 bridgehead atoms. The van der Waals surface area contributed by atoms with E-state index in [-0.39, 0.29) is 6.09 Å². The molecule has 2 aromatic carbocycles. The Balaban J connectivity index is 1.64. The Bertz CT molecular complexity index is 691. The van der Waals surface area contributed by atoms with E-state index in [1.165, 1.54) is 5.56 Å². The van der Waals surface area contributed by atoms with Gasteiger partial charge in [-0.3, -0.25) is 0 Å². The van der Waals surface area contributed by atoms with Crippen LogP contribution >= 0.6 is 27.5 Å². The van der Waals surface area contributed by atoms with Crippen molar-refractivity contribution in [2.75, 3.05) is 6.54 Å². The van der Waals surface area contributed by atoms with Gasteiger partial charge in [0.1, 0.15) is 6.61 Å². The largest absolute Gasteiger partial charge is 0.445 e. The molecule has 0 unspecified atom stereocenters. The Morgan fingerprint density at radius 3 is 2.77 bits per heavy atom. The molecule has 0 saturated carbocycles. The summed E-state index contributed by atoms with van der Waals surface area (Å²) >= 11 is 9.56. The lowest BCUT2D eigenvalue weighted by Crippen LogP contribution is -2.36. The smallest absolute Gasteiger partial charge is 0.410 e. The molecule has 114 valence electrons. The van der Waals surface area contributed by atoms with Crippen molar-refractivity contribution in [1.82, 2.24) is 4.90 Å². The molecule has 0 aromatic heterocycles. The van der Waals surface area contributed by atoms with E-state index in [0.29, 0.717) is 24.7 Å². The highest BCUT2D eigenvalue weighted by molar-refractivity contribution is 9.10. The molecule has 3 rings (SSSR count). The first-order chi connectivity index (χ1) is 10.6. The number of carbonyl (C=O) groups excluding carboxylic acids is 1. The van der Waals surface area contributed by atoms with Crippen LogP contribution in [0.3, 0.4) is 0 Å². The molecule has 0 saturated heterocycles. The molecule has 0 fully saturated rings. The van der Waals surface area contributed by atoms with E-state index in [2.05, 4.69) is 15.9 Å². The molecule has 22 heavy (non-hydrogen) atoms. The molecule has 1 aliphatic rings.